The molecule has 2 aromatic rings. The van der Waals surface area contributed by atoms with Crippen molar-refractivity contribution in [2.75, 3.05) is 19.7 Å². The first-order chi connectivity index (χ1) is 12.5. The van der Waals surface area contributed by atoms with Gasteiger partial charge in [-0.1, -0.05) is 29.8 Å². The fourth-order valence-corrected chi connectivity index (χ4v) is 3.02. The third-order valence-corrected chi connectivity index (χ3v) is 4.58. The highest BCUT2D eigenvalue weighted by Crippen LogP contribution is 2.31. The Morgan fingerprint density at radius 3 is 2.46 bits per heavy atom. The molecular formula is C20H22ClNO4. The van der Waals surface area contributed by atoms with Gasteiger partial charge in [-0.15, -0.1) is 0 Å². The minimum Gasteiger partial charge on any atom is -0.490 e. The lowest BCUT2D eigenvalue weighted by Gasteiger charge is -2.36. The second-order valence-corrected chi connectivity index (χ2v) is 6.79. The number of hydrogen-bond acceptors (Lipinski definition) is 4. The topological polar surface area (TPSA) is 59.0 Å². The first-order valence-corrected chi connectivity index (χ1v) is 9.01. The fourth-order valence-electron chi connectivity index (χ4n) is 2.89. The van der Waals surface area contributed by atoms with Gasteiger partial charge >= 0.3 is 5.97 Å². The predicted molar refractivity (Wildman–Crippen MR) is 99.8 cm³/mol. The SMILES string of the molecule is CCOc1cc(CN2CC(C(=O)O)C2)ccc1OCc1ccc(Cl)cc1. The zero-order valence-electron chi connectivity index (χ0n) is 14.7. The molecule has 1 saturated heterocycles. The van der Waals surface area contributed by atoms with Crippen LogP contribution in [0.5, 0.6) is 11.5 Å². The molecule has 2 aromatic carbocycles. The van der Waals surface area contributed by atoms with E-state index >= 15 is 0 Å². The molecule has 5 nitrogen and oxygen atoms in total. The molecule has 0 radical (unpaired) electrons. The molecule has 26 heavy (non-hydrogen) atoms. The third-order valence-electron chi connectivity index (χ3n) is 4.33. The molecule has 0 bridgehead atoms. The zero-order chi connectivity index (χ0) is 18.5. The Hall–Kier alpha value is -2.24. The Labute approximate surface area is 158 Å². The van der Waals surface area contributed by atoms with Gasteiger partial charge in [0.25, 0.3) is 0 Å². The maximum atomic E-state index is 10.9. The average Bonchev–Trinajstić information content (AvgIpc) is 2.58. The zero-order valence-corrected chi connectivity index (χ0v) is 15.4. The predicted octanol–water partition coefficient (Wildman–Crippen LogP) is 3.83. The molecule has 0 aromatic heterocycles. The number of hydrogen-bond donors (Lipinski definition) is 1. The van der Waals surface area contributed by atoms with Gasteiger partial charge in [-0.3, -0.25) is 9.69 Å². The van der Waals surface area contributed by atoms with Gasteiger partial charge in [-0.05, 0) is 42.3 Å². The molecule has 1 heterocycles. The van der Waals surface area contributed by atoms with Crippen LogP contribution in [-0.2, 0) is 17.9 Å². The number of rotatable bonds is 8. The number of likely N-dealkylation sites (tertiary alicyclic amines) is 1. The maximum Gasteiger partial charge on any atom is 0.309 e. The van der Waals surface area contributed by atoms with Crippen molar-refractivity contribution in [3.8, 4) is 11.5 Å². The van der Waals surface area contributed by atoms with Crippen LogP contribution >= 0.6 is 11.6 Å². The number of benzene rings is 2. The average molecular weight is 376 g/mol. The molecule has 0 amide bonds. The Kier molecular flexibility index (Phi) is 6.01. The molecule has 0 unspecified atom stereocenters. The lowest BCUT2D eigenvalue weighted by Crippen LogP contribution is -2.49. The molecule has 1 fully saturated rings. The van der Waals surface area contributed by atoms with Gasteiger partial charge in [0.05, 0.1) is 12.5 Å². The maximum absolute atomic E-state index is 10.9. The number of carbonyl (C=O) groups is 1. The molecule has 0 aliphatic carbocycles. The second-order valence-electron chi connectivity index (χ2n) is 6.36. The van der Waals surface area contributed by atoms with E-state index in [-0.39, 0.29) is 5.92 Å². The number of aliphatic carboxylic acids is 1. The summed E-state index contributed by atoms with van der Waals surface area (Å²) >= 11 is 5.90. The summed E-state index contributed by atoms with van der Waals surface area (Å²) in [6.45, 7) is 4.81. The Bertz CT molecular complexity index is 757. The smallest absolute Gasteiger partial charge is 0.309 e. The van der Waals surface area contributed by atoms with E-state index in [1.54, 1.807) is 0 Å². The van der Waals surface area contributed by atoms with Crippen LogP contribution in [0.25, 0.3) is 0 Å². The van der Waals surface area contributed by atoms with Crippen molar-refractivity contribution in [3.63, 3.8) is 0 Å². The minimum atomic E-state index is -0.720. The number of ether oxygens (including phenoxy) is 2. The molecule has 3 rings (SSSR count). The number of nitrogens with zero attached hydrogens (tertiary/aromatic N) is 1. The molecule has 6 heteroatoms. The first-order valence-electron chi connectivity index (χ1n) is 8.63. The van der Waals surface area contributed by atoms with E-state index in [0.29, 0.717) is 49.4 Å². The lowest BCUT2D eigenvalue weighted by molar-refractivity contribution is -0.147. The highest BCUT2D eigenvalue weighted by Gasteiger charge is 2.32. The van der Waals surface area contributed by atoms with Gasteiger partial charge in [0.1, 0.15) is 6.61 Å². The Morgan fingerprint density at radius 2 is 1.81 bits per heavy atom. The minimum absolute atomic E-state index is 0.247. The standard InChI is InChI=1S/C20H22ClNO4/c1-2-25-19-9-15(10-22-11-16(12-22)20(23)24)5-8-18(19)26-13-14-3-6-17(21)7-4-14/h3-9,16H,2,10-13H2,1H3,(H,23,24). The van der Waals surface area contributed by atoms with Crippen molar-refractivity contribution in [1.29, 1.82) is 0 Å². The summed E-state index contributed by atoms with van der Waals surface area (Å²) in [5, 5.41) is 9.66. The van der Waals surface area contributed by atoms with Crippen LogP contribution in [0.15, 0.2) is 42.5 Å². The monoisotopic (exact) mass is 375 g/mol. The van der Waals surface area contributed by atoms with Gasteiger partial charge in [0.2, 0.25) is 0 Å². The lowest BCUT2D eigenvalue weighted by atomic mass is 9.99. The summed E-state index contributed by atoms with van der Waals surface area (Å²) in [6.07, 6.45) is 0. The van der Waals surface area contributed by atoms with Crippen molar-refractivity contribution in [2.45, 2.75) is 20.1 Å². The Morgan fingerprint density at radius 1 is 1.12 bits per heavy atom. The van der Waals surface area contributed by atoms with E-state index in [9.17, 15) is 4.79 Å². The van der Waals surface area contributed by atoms with Crippen molar-refractivity contribution in [2.24, 2.45) is 5.92 Å². The molecule has 1 aliphatic heterocycles. The molecule has 0 atom stereocenters. The van der Waals surface area contributed by atoms with Gasteiger partial charge < -0.3 is 14.6 Å². The van der Waals surface area contributed by atoms with Crippen LogP contribution in [0.3, 0.4) is 0 Å². The van der Waals surface area contributed by atoms with Crippen LogP contribution in [0.1, 0.15) is 18.1 Å². The van der Waals surface area contributed by atoms with E-state index in [4.69, 9.17) is 26.2 Å². The normalized spacial score (nSPS) is 14.7. The van der Waals surface area contributed by atoms with Crippen LogP contribution < -0.4 is 9.47 Å². The summed E-state index contributed by atoms with van der Waals surface area (Å²) in [5.41, 5.74) is 2.11. The van der Waals surface area contributed by atoms with Crippen molar-refractivity contribution in [3.05, 3.63) is 58.6 Å². The first kappa shape index (κ1) is 18.5. The van der Waals surface area contributed by atoms with E-state index < -0.39 is 5.97 Å². The van der Waals surface area contributed by atoms with Crippen molar-refractivity contribution in [1.82, 2.24) is 4.90 Å². The third kappa shape index (κ3) is 4.68. The molecule has 1 aliphatic rings. The number of carboxylic acids is 1. The van der Waals surface area contributed by atoms with Crippen LogP contribution in [0, 0.1) is 5.92 Å². The number of halogens is 1. The van der Waals surface area contributed by atoms with Gasteiger partial charge in [-0.25, -0.2) is 0 Å². The molecule has 0 spiro atoms. The van der Waals surface area contributed by atoms with Crippen LogP contribution in [0.2, 0.25) is 5.02 Å². The van der Waals surface area contributed by atoms with E-state index in [1.807, 2.05) is 49.4 Å². The molecular weight excluding hydrogens is 354 g/mol. The molecule has 1 N–H and O–H groups in total. The fraction of sp³-hybridized carbons (Fsp3) is 0.350. The van der Waals surface area contributed by atoms with E-state index in [2.05, 4.69) is 4.90 Å². The highest BCUT2D eigenvalue weighted by atomic mass is 35.5. The van der Waals surface area contributed by atoms with Crippen molar-refractivity contribution >= 4 is 17.6 Å². The van der Waals surface area contributed by atoms with Gasteiger partial charge in [0.15, 0.2) is 11.5 Å². The van der Waals surface area contributed by atoms with Crippen molar-refractivity contribution < 1.29 is 19.4 Å². The Balaban J connectivity index is 1.62. The van der Waals surface area contributed by atoms with Gasteiger partial charge in [-0.2, -0.15) is 0 Å². The largest absolute Gasteiger partial charge is 0.490 e. The van der Waals surface area contributed by atoms with E-state index in [0.717, 1.165) is 11.1 Å². The summed E-state index contributed by atoms with van der Waals surface area (Å²) < 4.78 is 11.6. The summed E-state index contributed by atoms with van der Waals surface area (Å²) in [5.74, 6) is 0.428. The summed E-state index contributed by atoms with van der Waals surface area (Å²) in [7, 11) is 0. The van der Waals surface area contributed by atoms with Crippen LogP contribution in [0.4, 0.5) is 0 Å². The molecule has 0 saturated carbocycles. The summed E-state index contributed by atoms with van der Waals surface area (Å²) in [4.78, 5) is 13.0. The highest BCUT2D eigenvalue weighted by molar-refractivity contribution is 6.30. The van der Waals surface area contributed by atoms with Crippen LogP contribution in [-0.4, -0.2) is 35.7 Å². The van der Waals surface area contributed by atoms with Gasteiger partial charge in [0, 0.05) is 24.7 Å². The molecule has 138 valence electrons. The number of carboxylic acid groups (broad SMARTS) is 1. The summed E-state index contributed by atoms with van der Waals surface area (Å²) in [6, 6.07) is 13.4. The van der Waals surface area contributed by atoms with E-state index in [1.165, 1.54) is 0 Å². The quantitative estimate of drug-likeness (QED) is 0.759. The second kappa shape index (κ2) is 8.43.